The lowest BCUT2D eigenvalue weighted by atomic mass is 10.1. The van der Waals surface area contributed by atoms with Crippen molar-refractivity contribution in [2.75, 3.05) is 6.61 Å². The largest absolute Gasteiger partial charge is 0.478 e. The van der Waals surface area contributed by atoms with Gasteiger partial charge < -0.3 is 4.74 Å². The number of pyridine rings is 1. The second-order valence-corrected chi connectivity index (χ2v) is 5.85. The number of benzene rings is 2. The fraction of sp³-hybridized carbons (Fsp3) is 0.0952. The van der Waals surface area contributed by atoms with E-state index in [1.54, 1.807) is 12.1 Å². The van der Waals surface area contributed by atoms with Crippen LogP contribution in [0.2, 0.25) is 0 Å². The van der Waals surface area contributed by atoms with Crippen molar-refractivity contribution in [3.63, 3.8) is 0 Å². The highest BCUT2D eigenvalue weighted by atomic mass is 16.5. The number of hydrogen-bond acceptors (Lipinski definition) is 4. The Bertz CT molecular complexity index is 1060. The molecule has 2 aromatic heterocycles. The fourth-order valence-electron chi connectivity index (χ4n) is 2.82. The van der Waals surface area contributed by atoms with E-state index in [1.807, 2.05) is 52.9 Å². The van der Waals surface area contributed by atoms with E-state index in [9.17, 15) is 0 Å². The van der Waals surface area contributed by atoms with E-state index in [0.717, 1.165) is 17.6 Å². The summed E-state index contributed by atoms with van der Waals surface area (Å²) in [6, 6.07) is 25.4. The lowest BCUT2D eigenvalue weighted by Gasteiger charge is -2.10. The topological polar surface area (TPSA) is 63.2 Å². The number of ether oxygens (including phenoxy) is 1. The van der Waals surface area contributed by atoms with Crippen LogP contribution in [0.5, 0.6) is 5.88 Å². The lowest BCUT2D eigenvalue weighted by Crippen LogP contribution is -2.05. The van der Waals surface area contributed by atoms with E-state index in [1.165, 1.54) is 5.56 Å². The molecule has 0 aliphatic carbocycles. The first-order chi connectivity index (χ1) is 12.8. The second-order valence-electron chi connectivity index (χ2n) is 5.85. The minimum absolute atomic E-state index is 0.564. The standard InChI is InChI=1S/C21H16N4O/c22-15-17-9-11-18(12-10-17)21-24-23-19-7-4-8-20(25(19)21)26-14-13-16-5-2-1-3-6-16/h1-12H,13-14H2. The van der Waals surface area contributed by atoms with Crippen LogP contribution >= 0.6 is 0 Å². The van der Waals surface area contributed by atoms with Gasteiger partial charge in [0.05, 0.1) is 18.2 Å². The number of nitriles is 1. The molecule has 0 radical (unpaired) electrons. The molecule has 0 saturated carbocycles. The molecule has 26 heavy (non-hydrogen) atoms. The summed E-state index contributed by atoms with van der Waals surface area (Å²) in [5, 5.41) is 17.5. The Hall–Kier alpha value is -3.65. The van der Waals surface area contributed by atoms with Crippen molar-refractivity contribution in [3.8, 4) is 23.3 Å². The van der Waals surface area contributed by atoms with Crippen LogP contribution in [-0.2, 0) is 6.42 Å². The molecule has 126 valence electrons. The van der Waals surface area contributed by atoms with Crippen LogP contribution in [0.15, 0.2) is 72.8 Å². The molecule has 0 N–H and O–H groups in total. The SMILES string of the molecule is N#Cc1ccc(-c2nnc3cccc(OCCc4ccccc4)n23)cc1. The van der Waals surface area contributed by atoms with Crippen molar-refractivity contribution in [1.29, 1.82) is 5.26 Å². The third-order valence-corrected chi connectivity index (χ3v) is 4.15. The fourth-order valence-corrected chi connectivity index (χ4v) is 2.82. The molecular weight excluding hydrogens is 324 g/mol. The van der Waals surface area contributed by atoms with Crippen LogP contribution in [0.3, 0.4) is 0 Å². The molecule has 2 heterocycles. The average Bonchev–Trinajstić information content (AvgIpc) is 3.14. The number of aromatic nitrogens is 3. The van der Waals surface area contributed by atoms with Crippen LogP contribution < -0.4 is 4.74 Å². The van der Waals surface area contributed by atoms with Gasteiger partial charge in [0.25, 0.3) is 0 Å². The summed E-state index contributed by atoms with van der Waals surface area (Å²) in [5.74, 6) is 1.39. The van der Waals surface area contributed by atoms with E-state index in [2.05, 4.69) is 28.4 Å². The first-order valence-corrected chi connectivity index (χ1v) is 8.36. The molecule has 0 unspecified atom stereocenters. The third kappa shape index (κ3) is 3.13. The Kier molecular flexibility index (Phi) is 4.31. The summed E-state index contributed by atoms with van der Waals surface area (Å²) in [6.07, 6.45) is 0.825. The zero-order chi connectivity index (χ0) is 17.8. The van der Waals surface area contributed by atoms with Crippen LogP contribution in [0.1, 0.15) is 11.1 Å². The summed E-state index contributed by atoms with van der Waals surface area (Å²) in [4.78, 5) is 0. The highest BCUT2D eigenvalue weighted by molar-refractivity contribution is 5.61. The monoisotopic (exact) mass is 340 g/mol. The molecule has 0 bridgehead atoms. The predicted octanol–water partition coefficient (Wildman–Crippen LogP) is 3.89. The number of fused-ring (bicyclic) bond motifs is 1. The van der Waals surface area contributed by atoms with Gasteiger partial charge in [-0.25, -0.2) is 4.40 Å². The van der Waals surface area contributed by atoms with Gasteiger partial charge in [-0.3, -0.25) is 0 Å². The normalized spacial score (nSPS) is 10.6. The Morgan fingerprint density at radius 1 is 0.885 bits per heavy atom. The quantitative estimate of drug-likeness (QED) is 0.553. The summed E-state index contributed by atoms with van der Waals surface area (Å²) in [5.41, 5.74) is 3.45. The average molecular weight is 340 g/mol. The summed E-state index contributed by atoms with van der Waals surface area (Å²) < 4.78 is 7.91. The molecule has 4 aromatic rings. The number of hydrogen-bond donors (Lipinski definition) is 0. The zero-order valence-corrected chi connectivity index (χ0v) is 14.0. The van der Waals surface area contributed by atoms with Gasteiger partial charge in [0.1, 0.15) is 0 Å². The van der Waals surface area contributed by atoms with Gasteiger partial charge in [-0.05, 0) is 42.0 Å². The molecule has 0 aliphatic heterocycles. The van der Waals surface area contributed by atoms with Crippen molar-refractivity contribution in [2.24, 2.45) is 0 Å². The van der Waals surface area contributed by atoms with E-state index >= 15 is 0 Å². The van der Waals surface area contributed by atoms with Gasteiger partial charge >= 0.3 is 0 Å². The minimum atomic E-state index is 0.564. The Labute approximate surface area is 151 Å². The van der Waals surface area contributed by atoms with Crippen molar-refractivity contribution < 1.29 is 4.74 Å². The second kappa shape index (κ2) is 7.08. The molecule has 5 heteroatoms. The van der Waals surface area contributed by atoms with Crippen LogP contribution in [-0.4, -0.2) is 21.2 Å². The van der Waals surface area contributed by atoms with Crippen LogP contribution in [0, 0.1) is 11.3 Å². The van der Waals surface area contributed by atoms with Gasteiger partial charge in [0.15, 0.2) is 11.5 Å². The maximum Gasteiger partial charge on any atom is 0.201 e. The van der Waals surface area contributed by atoms with E-state index < -0.39 is 0 Å². The van der Waals surface area contributed by atoms with Crippen molar-refractivity contribution in [1.82, 2.24) is 14.6 Å². The van der Waals surface area contributed by atoms with Crippen LogP contribution in [0.25, 0.3) is 17.0 Å². The van der Waals surface area contributed by atoms with Crippen molar-refractivity contribution >= 4 is 5.65 Å². The van der Waals surface area contributed by atoms with Crippen molar-refractivity contribution in [2.45, 2.75) is 6.42 Å². The molecule has 2 aromatic carbocycles. The lowest BCUT2D eigenvalue weighted by molar-refractivity contribution is 0.306. The van der Waals surface area contributed by atoms with E-state index in [0.29, 0.717) is 23.9 Å². The molecule has 0 spiro atoms. The predicted molar refractivity (Wildman–Crippen MR) is 98.8 cm³/mol. The highest BCUT2D eigenvalue weighted by Crippen LogP contribution is 2.24. The minimum Gasteiger partial charge on any atom is -0.478 e. The number of nitrogens with zero attached hydrogens (tertiary/aromatic N) is 4. The first kappa shape index (κ1) is 15.9. The first-order valence-electron chi connectivity index (χ1n) is 8.36. The Morgan fingerprint density at radius 2 is 1.69 bits per heavy atom. The van der Waals surface area contributed by atoms with E-state index in [4.69, 9.17) is 10.00 Å². The summed E-state index contributed by atoms with van der Waals surface area (Å²) >= 11 is 0. The van der Waals surface area contributed by atoms with Gasteiger partial charge in [0.2, 0.25) is 5.88 Å². The zero-order valence-electron chi connectivity index (χ0n) is 14.0. The highest BCUT2D eigenvalue weighted by Gasteiger charge is 2.12. The molecule has 0 amide bonds. The van der Waals surface area contributed by atoms with Crippen LogP contribution in [0.4, 0.5) is 0 Å². The number of rotatable bonds is 5. The molecule has 0 saturated heterocycles. The molecule has 0 aliphatic rings. The summed E-state index contributed by atoms with van der Waals surface area (Å²) in [7, 11) is 0. The molecular formula is C21H16N4O. The van der Waals surface area contributed by atoms with Gasteiger partial charge in [-0.1, -0.05) is 36.4 Å². The maximum absolute atomic E-state index is 8.96. The molecule has 0 fully saturated rings. The smallest absolute Gasteiger partial charge is 0.201 e. The van der Waals surface area contributed by atoms with Gasteiger partial charge in [-0.2, -0.15) is 5.26 Å². The third-order valence-electron chi connectivity index (χ3n) is 4.15. The molecule has 4 rings (SSSR count). The molecule has 5 nitrogen and oxygen atoms in total. The van der Waals surface area contributed by atoms with E-state index in [-0.39, 0.29) is 0 Å². The Morgan fingerprint density at radius 3 is 2.46 bits per heavy atom. The van der Waals surface area contributed by atoms with Crippen molar-refractivity contribution in [3.05, 3.63) is 83.9 Å². The van der Waals surface area contributed by atoms with Gasteiger partial charge in [0, 0.05) is 12.0 Å². The maximum atomic E-state index is 8.96. The molecule has 0 atom stereocenters. The summed E-state index contributed by atoms with van der Waals surface area (Å²) in [6.45, 7) is 0.564. The van der Waals surface area contributed by atoms with Gasteiger partial charge in [-0.15, -0.1) is 10.2 Å². The Balaban J connectivity index is 1.62.